The van der Waals surface area contributed by atoms with Gasteiger partial charge in [0.15, 0.2) is 22.8 Å². The first-order valence-electron chi connectivity index (χ1n) is 9.38. The molecule has 0 amide bonds. The van der Waals surface area contributed by atoms with Gasteiger partial charge in [0.1, 0.15) is 5.82 Å². The van der Waals surface area contributed by atoms with Crippen LogP contribution in [0.5, 0.6) is 11.5 Å². The molecule has 6 rings (SSSR count). The van der Waals surface area contributed by atoms with Crippen LogP contribution in [0.2, 0.25) is 0 Å². The molecule has 2 aromatic heterocycles. The first kappa shape index (κ1) is 16.1. The zero-order chi connectivity index (χ0) is 19.4. The molecule has 0 atom stereocenters. The summed E-state index contributed by atoms with van der Waals surface area (Å²) in [6.45, 7) is 2.30. The van der Waals surface area contributed by atoms with E-state index in [1.807, 2.05) is 47.0 Å². The average molecular weight is 380 g/mol. The Balaban J connectivity index is 1.68. The van der Waals surface area contributed by atoms with E-state index in [-0.39, 0.29) is 6.79 Å². The van der Waals surface area contributed by atoms with E-state index in [0.717, 1.165) is 33.9 Å². The van der Waals surface area contributed by atoms with Gasteiger partial charge in [-0.2, -0.15) is 0 Å². The van der Waals surface area contributed by atoms with E-state index < -0.39 is 0 Å². The highest BCUT2D eigenvalue weighted by atomic mass is 16.7. The zero-order valence-corrected chi connectivity index (χ0v) is 15.7. The minimum Gasteiger partial charge on any atom is -0.454 e. The van der Waals surface area contributed by atoms with E-state index in [2.05, 4.69) is 31.2 Å². The largest absolute Gasteiger partial charge is 0.454 e. The van der Waals surface area contributed by atoms with E-state index in [1.54, 1.807) is 0 Å². The minimum atomic E-state index is 0.235. The summed E-state index contributed by atoms with van der Waals surface area (Å²) in [5.74, 6) is 2.24. The molecule has 29 heavy (non-hydrogen) atoms. The predicted molar refractivity (Wildman–Crippen MR) is 110 cm³/mol. The lowest BCUT2D eigenvalue weighted by atomic mass is 10.1. The fourth-order valence-electron chi connectivity index (χ4n) is 3.62. The zero-order valence-electron chi connectivity index (χ0n) is 15.7. The van der Waals surface area contributed by atoms with Crippen molar-refractivity contribution in [1.29, 1.82) is 0 Å². The van der Waals surface area contributed by atoms with Crippen LogP contribution in [0.3, 0.4) is 0 Å². The van der Waals surface area contributed by atoms with Crippen LogP contribution in [0.4, 0.5) is 0 Å². The van der Waals surface area contributed by atoms with E-state index >= 15 is 0 Å². The van der Waals surface area contributed by atoms with Crippen LogP contribution in [0, 0.1) is 6.92 Å². The molecule has 0 bridgehead atoms. The van der Waals surface area contributed by atoms with E-state index in [4.69, 9.17) is 24.4 Å². The minimum absolute atomic E-state index is 0.235. The maximum absolute atomic E-state index is 5.59. The number of aromatic nitrogens is 4. The van der Waals surface area contributed by atoms with Crippen LogP contribution in [-0.2, 0) is 0 Å². The molecule has 1 aliphatic heterocycles. The lowest BCUT2D eigenvalue weighted by Gasteiger charge is -2.10. The highest BCUT2D eigenvalue weighted by Gasteiger charge is 2.20. The van der Waals surface area contributed by atoms with Crippen molar-refractivity contribution in [2.24, 2.45) is 0 Å². The fraction of sp³-hybridized carbons (Fsp3) is 0.0870. The number of para-hydroxylation sites is 2. The Morgan fingerprint density at radius 3 is 2.38 bits per heavy atom. The first-order chi connectivity index (χ1) is 14.3. The summed E-state index contributed by atoms with van der Waals surface area (Å²) in [7, 11) is 0. The lowest BCUT2D eigenvalue weighted by Crippen LogP contribution is -1.99. The maximum Gasteiger partial charge on any atom is 0.231 e. The third-order valence-corrected chi connectivity index (χ3v) is 5.09. The first-order valence-corrected chi connectivity index (χ1v) is 9.38. The van der Waals surface area contributed by atoms with Gasteiger partial charge in [0.25, 0.3) is 0 Å². The molecule has 0 unspecified atom stereocenters. The highest BCUT2D eigenvalue weighted by Crippen LogP contribution is 2.36. The Labute approximate surface area is 166 Å². The summed E-state index contributed by atoms with van der Waals surface area (Å²) >= 11 is 0. The number of aryl methyl sites for hydroxylation is 1. The molecule has 1 aliphatic rings. The third kappa shape index (κ3) is 2.53. The molecule has 0 radical (unpaired) electrons. The van der Waals surface area contributed by atoms with Crippen molar-refractivity contribution >= 4 is 22.3 Å². The monoisotopic (exact) mass is 380 g/mol. The second-order valence-corrected chi connectivity index (χ2v) is 7.03. The van der Waals surface area contributed by atoms with E-state index in [1.165, 1.54) is 5.56 Å². The molecule has 3 aromatic carbocycles. The summed E-state index contributed by atoms with van der Waals surface area (Å²) in [6, 6.07) is 22.0. The van der Waals surface area contributed by atoms with Gasteiger partial charge in [-0.1, -0.05) is 42.0 Å². The van der Waals surface area contributed by atoms with Gasteiger partial charge in [-0.15, -0.1) is 0 Å². The van der Waals surface area contributed by atoms with Crippen molar-refractivity contribution < 1.29 is 9.47 Å². The van der Waals surface area contributed by atoms with Crippen molar-refractivity contribution in [3.05, 3.63) is 72.3 Å². The molecule has 0 saturated carbocycles. The Bertz CT molecular complexity index is 1390. The van der Waals surface area contributed by atoms with E-state index in [9.17, 15) is 0 Å². The van der Waals surface area contributed by atoms with Crippen LogP contribution >= 0.6 is 0 Å². The molecule has 3 heterocycles. The van der Waals surface area contributed by atoms with Crippen LogP contribution in [0.25, 0.3) is 39.4 Å². The SMILES string of the molecule is Cc1ccc(-c2nc3nc4ccccc4nc3n2-c2ccc3c(c2)OCO3)cc1. The topological polar surface area (TPSA) is 62.1 Å². The quantitative estimate of drug-likeness (QED) is 0.445. The smallest absolute Gasteiger partial charge is 0.231 e. The number of nitrogens with zero attached hydrogens (tertiary/aromatic N) is 4. The molecule has 6 nitrogen and oxygen atoms in total. The molecule has 5 aromatic rings. The predicted octanol–water partition coefficient (Wildman–Crippen LogP) is 4.67. The highest BCUT2D eigenvalue weighted by molar-refractivity contribution is 5.86. The van der Waals surface area contributed by atoms with Gasteiger partial charge in [-0.3, -0.25) is 4.57 Å². The number of benzene rings is 3. The second kappa shape index (κ2) is 6.04. The van der Waals surface area contributed by atoms with Gasteiger partial charge in [-0.05, 0) is 31.2 Å². The molecule has 0 saturated heterocycles. The molecule has 6 heteroatoms. The summed E-state index contributed by atoms with van der Waals surface area (Å²) in [6.07, 6.45) is 0. The second-order valence-electron chi connectivity index (χ2n) is 7.03. The molecule has 0 spiro atoms. The summed E-state index contributed by atoms with van der Waals surface area (Å²) in [5, 5.41) is 0. The van der Waals surface area contributed by atoms with Crippen molar-refractivity contribution in [2.75, 3.05) is 6.79 Å². The van der Waals surface area contributed by atoms with Gasteiger partial charge >= 0.3 is 0 Å². The van der Waals surface area contributed by atoms with Crippen LogP contribution in [0.1, 0.15) is 5.56 Å². The summed E-state index contributed by atoms with van der Waals surface area (Å²) in [5.41, 5.74) is 6.06. The Morgan fingerprint density at radius 2 is 1.55 bits per heavy atom. The normalized spacial score (nSPS) is 12.7. The molecule has 140 valence electrons. The maximum atomic E-state index is 5.59. The molecule has 0 fully saturated rings. The van der Waals surface area contributed by atoms with Crippen molar-refractivity contribution in [1.82, 2.24) is 19.5 Å². The van der Waals surface area contributed by atoms with Crippen LogP contribution < -0.4 is 9.47 Å². The van der Waals surface area contributed by atoms with Crippen molar-refractivity contribution in [3.8, 4) is 28.6 Å². The van der Waals surface area contributed by atoms with E-state index in [0.29, 0.717) is 17.0 Å². The van der Waals surface area contributed by atoms with Gasteiger partial charge < -0.3 is 9.47 Å². The molecule has 0 aliphatic carbocycles. The molecule has 0 N–H and O–H groups in total. The summed E-state index contributed by atoms with van der Waals surface area (Å²) in [4.78, 5) is 14.5. The molecular weight excluding hydrogens is 364 g/mol. The Kier molecular flexibility index (Phi) is 3.34. The summed E-state index contributed by atoms with van der Waals surface area (Å²) < 4.78 is 13.1. The number of hydrogen-bond acceptors (Lipinski definition) is 5. The number of fused-ring (bicyclic) bond motifs is 3. The fourth-order valence-corrected chi connectivity index (χ4v) is 3.62. The average Bonchev–Trinajstić information content (AvgIpc) is 3.36. The number of rotatable bonds is 2. The number of ether oxygens (including phenoxy) is 2. The van der Waals surface area contributed by atoms with Crippen LogP contribution in [-0.4, -0.2) is 26.3 Å². The van der Waals surface area contributed by atoms with Gasteiger partial charge in [-0.25, -0.2) is 15.0 Å². The Hall–Kier alpha value is -3.93. The molecular formula is C23H16N4O2. The Morgan fingerprint density at radius 1 is 0.793 bits per heavy atom. The lowest BCUT2D eigenvalue weighted by molar-refractivity contribution is 0.174. The number of hydrogen-bond donors (Lipinski definition) is 0. The third-order valence-electron chi connectivity index (χ3n) is 5.09. The van der Waals surface area contributed by atoms with Gasteiger partial charge in [0.05, 0.1) is 16.7 Å². The van der Waals surface area contributed by atoms with Crippen molar-refractivity contribution in [3.63, 3.8) is 0 Å². The standard InChI is InChI=1S/C23H16N4O2/c1-14-6-8-15(9-7-14)22-26-21-23(25-18-5-3-2-4-17(18)24-21)27(22)16-10-11-19-20(12-16)29-13-28-19/h2-12H,13H2,1H3. The van der Waals surface area contributed by atoms with Gasteiger partial charge in [0.2, 0.25) is 6.79 Å². The number of imidazole rings is 1. The van der Waals surface area contributed by atoms with Gasteiger partial charge in [0, 0.05) is 11.6 Å². The van der Waals surface area contributed by atoms with Crippen LogP contribution in [0.15, 0.2) is 66.7 Å². The van der Waals surface area contributed by atoms with Crippen molar-refractivity contribution in [2.45, 2.75) is 6.92 Å².